The number of imidazole rings is 1. The molecule has 3 rings (SSSR count). The maximum absolute atomic E-state index is 11.1. The highest BCUT2D eigenvalue weighted by atomic mass is 32.2. The van der Waals surface area contributed by atoms with E-state index in [1.165, 1.54) is 17.8 Å². The van der Waals surface area contributed by atoms with Crippen molar-refractivity contribution >= 4 is 23.1 Å². The largest absolute Gasteiger partial charge is 0.390 e. The fourth-order valence-electron chi connectivity index (χ4n) is 2.05. The van der Waals surface area contributed by atoms with E-state index < -0.39 is 4.92 Å². The number of fused-ring (bicyclic) bond motifs is 1. The number of nitro groups is 1. The number of benzene rings is 1. The fraction of sp³-hybridized carbons (Fsp3) is 0.0714. The second-order valence-electron chi connectivity index (χ2n) is 4.28. The lowest BCUT2D eigenvalue weighted by Crippen LogP contribution is -1.94. The van der Waals surface area contributed by atoms with Crippen LogP contribution in [0.3, 0.4) is 0 Å². The predicted molar refractivity (Wildman–Crippen MR) is 78.3 cm³/mol. The van der Waals surface area contributed by atoms with Crippen molar-refractivity contribution in [1.82, 2.24) is 9.38 Å². The third-order valence-electron chi connectivity index (χ3n) is 3.01. The molecule has 7 heteroatoms. The number of hydrogen-bond acceptors (Lipinski definition) is 5. The molecule has 0 amide bonds. The molecule has 0 fully saturated rings. The molecule has 0 bridgehead atoms. The smallest absolute Gasteiger partial charge is 0.283 e. The number of pyridine rings is 1. The van der Waals surface area contributed by atoms with Crippen LogP contribution in [0.4, 0.5) is 5.69 Å². The molecule has 0 unspecified atom stereocenters. The van der Waals surface area contributed by atoms with Crippen molar-refractivity contribution in [2.45, 2.75) is 16.5 Å². The highest BCUT2D eigenvalue weighted by Gasteiger charge is 2.18. The fourth-order valence-corrected chi connectivity index (χ4v) is 3.07. The molecule has 2 heterocycles. The standard InChI is InChI=1S/C14H11N3O3S/c18-9-11-14(15-13-7-3-4-8-16(11)13)21-12-6-2-1-5-10(12)17(19)20/h1-8,18H,9H2. The Bertz CT molecular complexity index is 816. The Hall–Kier alpha value is -2.38. The van der Waals surface area contributed by atoms with E-state index in [0.717, 1.165) is 0 Å². The SMILES string of the molecule is O=[N+]([O-])c1ccccc1Sc1nc2ccccn2c1CO. The molecule has 2 aromatic heterocycles. The number of hydrogen-bond donors (Lipinski definition) is 1. The third kappa shape index (κ3) is 2.48. The first-order valence-electron chi connectivity index (χ1n) is 6.19. The normalized spacial score (nSPS) is 10.9. The van der Waals surface area contributed by atoms with Crippen LogP contribution in [0, 0.1) is 10.1 Å². The number of aliphatic hydroxyl groups excluding tert-OH is 1. The Kier molecular flexibility index (Phi) is 3.59. The highest BCUT2D eigenvalue weighted by Crippen LogP contribution is 2.36. The van der Waals surface area contributed by atoms with Crippen LogP contribution < -0.4 is 0 Å². The molecule has 0 aliphatic carbocycles. The van der Waals surface area contributed by atoms with E-state index in [4.69, 9.17) is 0 Å². The van der Waals surface area contributed by atoms with Crippen molar-refractivity contribution in [2.24, 2.45) is 0 Å². The molecular weight excluding hydrogens is 290 g/mol. The van der Waals surface area contributed by atoms with Crippen LogP contribution in [-0.2, 0) is 6.61 Å². The van der Waals surface area contributed by atoms with Crippen LogP contribution in [0.5, 0.6) is 0 Å². The first-order chi connectivity index (χ1) is 10.2. The summed E-state index contributed by atoms with van der Waals surface area (Å²) in [6, 6.07) is 12.0. The van der Waals surface area contributed by atoms with Gasteiger partial charge in [0.05, 0.1) is 22.1 Å². The van der Waals surface area contributed by atoms with Gasteiger partial charge in [-0.1, -0.05) is 30.0 Å². The van der Waals surface area contributed by atoms with Crippen molar-refractivity contribution in [3.05, 3.63) is 64.5 Å². The van der Waals surface area contributed by atoms with Crippen LogP contribution in [0.1, 0.15) is 5.69 Å². The first kappa shape index (κ1) is 13.6. The average molecular weight is 301 g/mol. The molecule has 0 radical (unpaired) electrons. The predicted octanol–water partition coefficient (Wildman–Crippen LogP) is 2.89. The van der Waals surface area contributed by atoms with Crippen LogP contribution >= 0.6 is 11.8 Å². The van der Waals surface area contributed by atoms with Gasteiger partial charge in [-0.2, -0.15) is 0 Å². The van der Waals surface area contributed by atoms with E-state index in [0.29, 0.717) is 21.3 Å². The van der Waals surface area contributed by atoms with Crippen LogP contribution in [0.15, 0.2) is 58.6 Å². The summed E-state index contributed by atoms with van der Waals surface area (Å²) in [4.78, 5) is 15.6. The Morgan fingerprint density at radius 2 is 2.00 bits per heavy atom. The maximum atomic E-state index is 11.1. The average Bonchev–Trinajstić information content (AvgIpc) is 2.84. The quantitative estimate of drug-likeness (QED) is 0.592. The van der Waals surface area contributed by atoms with Crippen molar-refractivity contribution < 1.29 is 10.0 Å². The van der Waals surface area contributed by atoms with Gasteiger partial charge in [-0.15, -0.1) is 0 Å². The molecule has 0 spiro atoms. The van der Waals surface area contributed by atoms with Gasteiger partial charge in [-0.05, 0) is 18.2 Å². The molecule has 1 aromatic carbocycles. The number of nitrogens with zero attached hydrogens (tertiary/aromatic N) is 3. The van der Waals surface area contributed by atoms with E-state index in [9.17, 15) is 15.2 Å². The summed E-state index contributed by atoms with van der Waals surface area (Å²) < 4.78 is 1.77. The van der Waals surface area contributed by atoms with Gasteiger partial charge < -0.3 is 9.51 Å². The van der Waals surface area contributed by atoms with Gasteiger partial charge in [-0.3, -0.25) is 10.1 Å². The maximum Gasteiger partial charge on any atom is 0.283 e. The molecule has 0 aliphatic heterocycles. The second kappa shape index (κ2) is 5.55. The Morgan fingerprint density at radius 3 is 2.76 bits per heavy atom. The lowest BCUT2D eigenvalue weighted by molar-refractivity contribution is -0.387. The van der Waals surface area contributed by atoms with Crippen molar-refractivity contribution in [3.8, 4) is 0 Å². The summed E-state index contributed by atoms with van der Waals surface area (Å²) in [5.41, 5.74) is 1.35. The molecule has 0 aliphatic rings. The molecule has 6 nitrogen and oxygen atoms in total. The number of aromatic nitrogens is 2. The van der Waals surface area contributed by atoms with E-state index in [-0.39, 0.29) is 12.3 Å². The van der Waals surface area contributed by atoms with Gasteiger partial charge in [0.15, 0.2) is 0 Å². The number of nitro benzene ring substituents is 1. The minimum Gasteiger partial charge on any atom is -0.390 e. The second-order valence-corrected chi connectivity index (χ2v) is 5.31. The van der Waals surface area contributed by atoms with Crippen molar-refractivity contribution in [2.75, 3.05) is 0 Å². The molecule has 0 saturated heterocycles. The Balaban J connectivity index is 2.08. The molecule has 106 valence electrons. The lowest BCUT2D eigenvalue weighted by atomic mass is 10.3. The molecule has 3 aromatic rings. The zero-order valence-electron chi connectivity index (χ0n) is 10.8. The number of rotatable bonds is 4. The zero-order chi connectivity index (χ0) is 14.8. The van der Waals surface area contributed by atoms with Crippen molar-refractivity contribution in [3.63, 3.8) is 0 Å². The summed E-state index contributed by atoms with van der Waals surface area (Å²) >= 11 is 1.19. The minimum atomic E-state index is -0.420. The van der Waals surface area contributed by atoms with Gasteiger partial charge in [-0.25, -0.2) is 4.98 Å². The van der Waals surface area contributed by atoms with Crippen LogP contribution in [0.25, 0.3) is 5.65 Å². The van der Waals surface area contributed by atoms with Gasteiger partial charge in [0.1, 0.15) is 10.7 Å². The molecular formula is C14H11N3O3S. The Labute approximate surface area is 124 Å². The molecule has 1 N–H and O–H groups in total. The van der Waals surface area contributed by atoms with Gasteiger partial charge in [0, 0.05) is 12.3 Å². The summed E-state index contributed by atoms with van der Waals surface area (Å²) in [6.45, 7) is -0.186. The molecule has 21 heavy (non-hydrogen) atoms. The third-order valence-corrected chi connectivity index (χ3v) is 4.10. The lowest BCUT2D eigenvalue weighted by Gasteiger charge is -2.02. The topological polar surface area (TPSA) is 80.7 Å². The monoisotopic (exact) mass is 301 g/mol. The minimum absolute atomic E-state index is 0.0310. The van der Waals surface area contributed by atoms with Gasteiger partial charge in [0.2, 0.25) is 0 Å². The Morgan fingerprint density at radius 1 is 1.24 bits per heavy atom. The van der Waals surface area contributed by atoms with E-state index in [2.05, 4.69) is 4.98 Å². The van der Waals surface area contributed by atoms with Gasteiger partial charge in [0.25, 0.3) is 5.69 Å². The van der Waals surface area contributed by atoms with E-state index in [1.807, 2.05) is 18.2 Å². The van der Waals surface area contributed by atoms with Crippen molar-refractivity contribution in [1.29, 1.82) is 0 Å². The first-order valence-corrected chi connectivity index (χ1v) is 7.00. The summed E-state index contributed by atoms with van der Waals surface area (Å²) in [7, 11) is 0. The molecule has 0 atom stereocenters. The number of aliphatic hydroxyl groups is 1. The van der Waals surface area contributed by atoms with Gasteiger partial charge >= 0.3 is 0 Å². The van der Waals surface area contributed by atoms with E-state index >= 15 is 0 Å². The number of para-hydroxylation sites is 1. The summed E-state index contributed by atoms with van der Waals surface area (Å²) in [5, 5.41) is 21.2. The zero-order valence-corrected chi connectivity index (χ0v) is 11.7. The molecule has 0 saturated carbocycles. The van der Waals surface area contributed by atoms with Crippen LogP contribution in [0.2, 0.25) is 0 Å². The van der Waals surface area contributed by atoms with Crippen LogP contribution in [-0.4, -0.2) is 19.4 Å². The highest BCUT2D eigenvalue weighted by molar-refractivity contribution is 7.99. The summed E-state index contributed by atoms with van der Waals surface area (Å²) in [5.74, 6) is 0. The summed E-state index contributed by atoms with van der Waals surface area (Å²) in [6.07, 6.45) is 1.80. The van der Waals surface area contributed by atoms with E-state index in [1.54, 1.807) is 28.8 Å².